The maximum Gasteiger partial charge on any atom is 0.416 e. The third-order valence-electron chi connectivity index (χ3n) is 4.24. The number of amides is 1. The van der Waals surface area contributed by atoms with E-state index < -0.39 is 29.5 Å². The van der Waals surface area contributed by atoms with Gasteiger partial charge in [-0.2, -0.15) is 18.3 Å². The first-order valence-electron chi connectivity index (χ1n) is 8.18. The summed E-state index contributed by atoms with van der Waals surface area (Å²) in [5.74, 6) is -1.15. The standard InChI is InChI=1S/C18H15ClF4N4O/c1-10-7-11(18(21,22)23)8-16(25-10)27-15(5-6-24-27)17(28)26(2)12-3-4-14(20)13(19)9-12/h3-4,6-9,15H,5H2,1-2H3. The number of nitrogens with zero attached hydrogens (tertiary/aromatic N) is 4. The highest BCUT2D eigenvalue weighted by Crippen LogP contribution is 2.33. The van der Waals surface area contributed by atoms with Crippen molar-refractivity contribution in [2.24, 2.45) is 5.10 Å². The lowest BCUT2D eigenvalue weighted by Gasteiger charge is -2.27. The van der Waals surface area contributed by atoms with Crippen LogP contribution in [0.25, 0.3) is 0 Å². The lowest BCUT2D eigenvalue weighted by Crippen LogP contribution is -2.44. The van der Waals surface area contributed by atoms with Gasteiger partial charge in [-0.25, -0.2) is 14.4 Å². The summed E-state index contributed by atoms with van der Waals surface area (Å²) < 4.78 is 52.7. The summed E-state index contributed by atoms with van der Waals surface area (Å²) in [7, 11) is 1.47. The number of hydrazone groups is 1. The molecule has 1 unspecified atom stereocenters. The van der Waals surface area contributed by atoms with E-state index in [4.69, 9.17) is 11.6 Å². The van der Waals surface area contributed by atoms with Crippen molar-refractivity contribution >= 4 is 35.2 Å². The van der Waals surface area contributed by atoms with Crippen LogP contribution in [-0.4, -0.2) is 30.2 Å². The molecule has 28 heavy (non-hydrogen) atoms. The van der Waals surface area contributed by atoms with Crippen LogP contribution in [0.5, 0.6) is 0 Å². The molecule has 3 rings (SSSR count). The molecule has 1 atom stereocenters. The van der Waals surface area contributed by atoms with Gasteiger partial charge >= 0.3 is 6.18 Å². The highest BCUT2D eigenvalue weighted by atomic mass is 35.5. The quantitative estimate of drug-likeness (QED) is 0.698. The molecular formula is C18H15ClF4N4O. The SMILES string of the molecule is Cc1cc(C(F)(F)F)cc(N2N=CCC2C(=O)N(C)c2ccc(F)c(Cl)c2)n1. The molecule has 148 valence electrons. The van der Waals surface area contributed by atoms with Crippen molar-refractivity contribution < 1.29 is 22.4 Å². The van der Waals surface area contributed by atoms with Crippen molar-refractivity contribution in [3.05, 3.63) is 52.4 Å². The molecule has 2 heterocycles. The highest BCUT2D eigenvalue weighted by molar-refractivity contribution is 6.31. The summed E-state index contributed by atoms with van der Waals surface area (Å²) in [6, 6.07) is 4.69. The summed E-state index contributed by atoms with van der Waals surface area (Å²) in [4.78, 5) is 18.2. The largest absolute Gasteiger partial charge is 0.416 e. The molecule has 0 spiro atoms. The molecule has 0 aliphatic carbocycles. The number of hydrogen-bond acceptors (Lipinski definition) is 4. The zero-order valence-corrected chi connectivity index (χ0v) is 15.6. The number of aryl methyl sites for hydroxylation is 1. The van der Waals surface area contributed by atoms with Gasteiger partial charge in [0, 0.05) is 31.1 Å². The van der Waals surface area contributed by atoms with Crippen molar-refractivity contribution in [2.75, 3.05) is 17.0 Å². The molecule has 10 heteroatoms. The third-order valence-corrected chi connectivity index (χ3v) is 4.53. The van der Waals surface area contributed by atoms with E-state index in [9.17, 15) is 22.4 Å². The number of benzene rings is 1. The molecule has 1 aliphatic rings. The predicted octanol–water partition coefficient (Wildman–Crippen LogP) is 4.43. The van der Waals surface area contributed by atoms with Crippen molar-refractivity contribution in [3.8, 4) is 0 Å². The summed E-state index contributed by atoms with van der Waals surface area (Å²) in [6.07, 6.45) is -2.92. The molecule has 1 amide bonds. The summed E-state index contributed by atoms with van der Waals surface area (Å²) >= 11 is 5.76. The maximum absolute atomic E-state index is 13.4. The number of alkyl halides is 3. The average molecular weight is 415 g/mol. The summed E-state index contributed by atoms with van der Waals surface area (Å²) in [6.45, 7) is 1.43. The number of hydrogen-bond donors (Lipinski definition) is 0. The number of halogens is 5. The molecule has 5 nitrogen and oxygen atoms in total. The molecule has 0 saturated carbocycles. The van der Waals surface area contributed by atoms with Crippen LogP contribution in [0.1, 0.15) is 17.7 Å². The minimum atomic E-state index is -4.55. The smallest absolute Gasteiger partial charge is 0.314 e. The van der Waals surface area contributed by atoms with Crippen molar-refractivity contribution in [1.82, 2.24) is 4.98 Å². The van der Waals surface area contributed by atoms with Crippen molar-refractivity contribution in [3.63, 3.8) is 0 Å². The minimum Gasteiger partial charge on any atom is -0.314 e. The Morgan fingerprint density at radius 1 is 1.29 bits per heavy atom. The molecular weight excluding hydrogens is 400 g/mol. The van der Waals surface area contributed by atoms with Gasteiger partial charge in [0.15, 0.2) is 0 Å². The zero-order chi connectivity index (χ0) is 20.6. The second-order valence-corrected chi connectivity index (χ2v) is 6.65. The van der Waals surface area contributed by atoms with E-state index in [1.54, 1.807) is 0 Å². The van der Waals surface area contributed by atoms with Crippen LogP contribution in [0.2, 0.25) is 5.02 Å². The van der Waals surface area contributed by atoms with Gasteiger partial charge in [0.1, 0.15) is 17.7 Å². The van der Waals surface area contributed by atoms with Gasteiger partial charge < -0.3 is 4.90 Å². The first kappa shape index (κ1) is 20.1. The maximum atomic E-state index is 13.4. The minimum absolute atomic E-state index is 0.0787. The van der Waals surface area contributed by atoms with E-state index in [2.05, 4.69) is 10.1 Å². The van der Waals surface area contributed by atoms with Crippen LogP contribution in [0.15, 0.2) is 35.4 Å². The Bertz CT molecular complexity index is 948. The van der Waals surface area contributed by atoms with Gasteiger partial charge in [-0.05, 0) is 37.3 Å². The normalized spacial score (nSPS) is 16.5. The number of pyridine rings is 1. The van der Waals surface area contributed by atoms with Gasteiger partial charge in [0.25, 0.3) is 5.91 Å². The van der Waals surface area contributed by atoms with Crippen molar-refractivity contribution in [2.45, 2.75) is 25.6 Å². The van der Waals surface area contributed by atoms with Crippen molar-refractivity contribution in [1.29, 1.82) is 0 Å². The van der Waals surface area contributed by atoms with Crippen LogP contribution in [0, 0.1) is 12.7 Å². The van der Waals surface area contributed by atoms with E-state index in [1.165, 1.54) is 37.2 Å². The molecule has 0 fully saturated rings. The number of rotatable bonds is 3. The second kappa shape index (κ2) is 7.38. The van der Waals surface area contributed by atoms with Crippen LogP contribution in [0.4, 0.5) is 29.1 Å². The Kier molecular flexibility index (Phi) is 5.29. The van der Waals surface area contributed by atoms with Gasteiger partial charge in [0.2, 0.25) is 0 Å². The van der Waals surface area contributed by atoms with E-state index in [0.717, 1.165) is 23.2 Å². The number of likely N-dealkylation sites (N-methyl/N-ethyl adjacent to an activating group) is 1. The molecule has 0 saturated heterocycles. The Morgan fingerprint density at radius 3 is 2.64 bits per heavy atom. The number of aromatic nitrogens is 1. The molecule has 1 aliphatic heterocycles. The summed E-state index contributed by atoms with van der Waals surface area (Å²) in [5, 5.41) is 5.04. The van der Waals surface area contributed by atoms with E-state index in [1.807, 2.05) is 0 Å². The van der Waals surface area contributed by atoms with Crippen LogP contribution in [-0.2, 0) is 11.0 Å². The van der Waals surface area contributed by atoms with Gasteiger partial charge in [-0.15, -0.1) is 0 Å². The highest BCUT2D eigenvalue weighted by Gasteiger charge is 2.36. The first-order valence-corrected chi connectivity index (χ1v) is 8.56. The number of anilines is 2. The number of carbonyl (C=O) groups is 1. The van der Waals surface area contributed by atoms with Crippen LogP contribution in [0.3, 0.4) is 0 Å². The average Bonchev–Trinajstić information content (AvgIpc) is 3.11. The van der Waals surface area contributed by atoms with Gasteiger partial charge in [-0.3, -0.25) is 4.79 Å². The Morgan fingerprint density at radius 2 is 2.00 bits per heavy atom. The van der Waals surface area contributed by atoms with Gasteiger partial charge in [0.05, 0.1) is 10.6 Å². The van der Waals surface area contributed by atoms with E-state index in [0.29, 0.717) is 5.69 Å². The molecule has 1 aromatic carbocycles. The van der Waals surface area contributed by atoms with Crippen LogP contribution < -0.4 is 9.91 Å². The van der Waals surface area contributed by atoms with Crippen LogP contribution >= 0.6 is 11.6 Å². The van der Waals surface area contributed by atoms with E-state index >= 15 is 0 Å². The number of carbonyl (C=O) groups excluding carboxylic acids is 1. The predicted molar refractivity (Wildman–Crippen MR) is 98.2 cm³/mol. The summed E-state index contributed by atoms with van der Waals surface area (Å²) in [5.41, 5.74) is -0.379. The zero-order valence-electron chi connectivity index (χ0n) is 14.8. The molecule has 1 aromatic heterocycles. The van der Waals surface area contributed by atoms with E-state index in [-0.39, 0.29) is 23.0 Å². The fourth-order valence-corrected chi connectivity index (χ4v) is 2.99. The topological polar surface area (TPSA) is 48.8 Å². The Hall–Kier alpha value is -2.68. The lowest BCUT2D eigenvalue weighted by molar-refractivity contribution is -0.137. The lowest BCUT2D eigenvalue weighted by atomic mass is 10.1. The molecule has 0 bridgehead atoms. The Labute approximate surface area is 163 Å². The first-order chi connectivity index (χ1) is 13.1. The fraction of sp³-hybridized carbons (Fsp3) is 0.278. The Balaban J connectivity index is 1.90. The molecule has 0 radical (unpaired) electrons. The molecule has 2 aromatic rings. The second-order valence-electron chi connectivity index (χ2n) is 6.24. The van der Waals surface area contributed by atoms with Gasteiger partial charge in [-0.1, -0.05) is 11.6 Å². The molecule has 0 N–H and O–H groups in total. The fourth-order valence-electron chi connectivity index (χ4n) is 2.82. The monoisotopic (exact) mass is 414 g/mol. The third kappa shape index (κ3) is 3.94.